The Morgan fingerprint density at radius 2 is 2.00 bits per heavy atom. The van der Waals surface area contributed by atoms with Gasteiger partial charge < -0.3 is 5.73 Å². The van der Waals surface area contributed by atoms with E-state index < -0.39 is 0 Å². The van der Waals surface area contributed by atoms with Crippen LogP contribution in [0.5, 0.6) is 0 Å². The Labute approximate surface area is 119 Å². The Morgan fingerprint density at radius 3 is 2.56 bits per heavy atom. The molecule has 3 heteroatoms. The highest BCUT2D eigenvalue weighted by atomic mass is 79.9. The van der Waals surface area contributed by atoms with Crippen LogP contribution in [-0.2, 0) is 0 Å². The van der Waals surface area contributed by atoms with Crippen molar-refractivity contribution in [1.29, 1.82) is 0 Å². The molecule has 18 heavy (non-hydrogen) atoms. The topological polar surface area (TPSA) is 29.3 Å². The molecule has 1 unspecified atom stereocenters. The summed E-state index contributed by atoms with van der Waals surface area (Å²) in [5.41, 5.74) is 7.38. The van der Waals surface area contributed by atoms with E-state index in [4.69, 9.17) is 5.73 Å². The van der Waals surface area contributed by atoms with Crippen LogP contribution in [0.3, 0.4) is 0 Å². The summed E-state index contributed by atoms with van der Waals surface area (Å²) in [6.45, 7) is 4.01. The van der Waals surface area contributed by atoms with Crippen molar-refractivity contribution >= 4 is 15.9 Å². The van der Waals surface area contributed by atoms with Gasteiger partial charge in [0.2, 0.25) is 0 Å². The molecule has 0 aromatic heterocycles. The SMILES string of the molecule is CCN(C1CCCC1)C(CN)c1ccccc1Br. The van der Waals surface area contributed by atoms with Crippen LogP contribution in [0, 0.1) is 0 Å². The first-order valence-electron chi connectivity index (χ1n) is 6.98. The van der Waals surface area contributed by atoms with Crippen LogP contribution in [0.15, 0.2) is 28.7 Å². The molecule has 1 aliphatic rings. The lowest BCUT2D eigenvalue weighted by molar-refractivity contribution is 0.147. The van der Waals surface area contributed by atoms with E-state index in [2.05, 4.69) is 52.0 Å². The molecule has 100 valence electrons. The summed E-state index contributed by atoms with van der Waals surface area (Å²) in [7, 11) is 0. The van der Waals surface area contributed by atoms with Gasteiger partial charge in [0.15, 0.2) is 0 Å². The standard InChI is InChI=1S/C15H23BrN2/c1-2-18(12-7-3-4-8-12)15(11-17)13-9-5-6-10-14(13)16/h5-6,9-10,12,15H,2-4,7-8,11,17H2,1H3. The van der Waals surface area contributed by atoms with Gasteiger partial charge in [-0.3, -0.25) is 4.90 Å². The number of rotatable bonds is 5. The number of hydrogen-bond acceptors (Lipinski definition) is 2. The molecular weight excluding hydrogens is 288 g/mol. The predicted molar refractivity (Wildman–Crippen MR) is 80.6 cm³/mol. The van der Waals surface area contributed by atoms with E-state index in [-0.39, 0.29) is 0 Å². The van der Waals surface area contributed by atoms with Gasteiger partial charge in [0.05, 0.1) is 0 Å². The average Bonchev–Trinajstić information content (AvgIpc) is 2.90. The van der Waals surface area contributed by atoms with Gasteiger partial charge in [-0.25, -0.2) is 0 Å². The number of hydrogen-bond donors (Lipinski definition) is 1. The molecule has 0 saturated heterocycles. The summed E-state index contributed by atoms with van der Waals surface area (Å²) in [6, 6.07) is 9.53. The van der Waals surface area contributed by atoms with Crippen LogP contribution in [0.25, 0.3) is 0 Å². The first-order valence-corrected chi connectivity index (χ1v) is 7.77. The van der Waals surface area contributed by atoms with E-state index in [1.54, 1.807) is 0 Å². The Hall–Kier alpha value is -0.380. The quantitative estimate of drug-likeness (QED) is 0.898. The summed E-state index contributed by atoms with van der Waals surface area (Å²) in [5.74, 6) is 0. The molecule has 2 N–H and O–H groups in total. The van der Waals surface area contributed by atoms with E-state index in [9.17, 15) is 0 Å². The average molecular weight is 311 g/mol. The third-order valence-electron chi connectivity index (χ3n) is 4.05. The zero-order valence-electron chi connectivity index (χ0n) is 11.1. The highest BCUT2D eigenvalue weighted by Crippen LogP contribution is 2.33. The molecule has 0 amide bonds. The van der Waals surface area contributed by atoms with Crippen molar-refractivity contribution in [2.45, 2.75) is 44.7 Å². The van der Waals surface area contributed by atoms with Gasteiger partial charge in [0.1, 0.15) is 0 Å². The largest absolute Gasteiger partial charge is 0.329 e. The van der Waals surface area contributed by atoms with Gasteiger partial charge >= 0.3 is 0 Å². The molecule has 0 aliphatic heterocycles. The number of likely N-dealkylation sites (N-methyl/N-ethyl adjacent to an activating group) is 1. The monoisotopic (exact) mass is 310 g/mol. The van der Waals surface area contributed by atoms with Crippen molar-refractivity contribution in [3.8, 4) is 0 Å². The maximum absolute atomic E-state index is 6.06. The van der Waals surface area contributed by atoms with Crippen LogP contribution in [-0.4, -0.2) is 24.0 Å². The maximum Gasteiger partial charge on any atom is 0.0484 e. The molecular formula is C15H23BrN2. The maximum atomic E-state index is 6.06. The molecule has 1 aromatic rings. The van der Waals surface area contributed by atoms with Crippen molar-refractivity contribution < 1.29 is 0 Å². The summed E-state index contributed by atoms with van der Waals surface area (Å²) < 4.78 is 1.18. The summed E-state index contributed by atoms with van der Waals surface area (Å²) in [5, 5.41) is 0. The van der Waals surface area contributed by atoms with Crippen molar-refractivity contribution in [2.24, 2.45) is 5.73 Å². The van der Waals surface area contributed by atoms with Gasteiger partial charge in [0, 0.05) is 23.1 Å². The molecule has 2 nitrogen and oxygen atoms in total. The van der Waals surface area contributed by atoms with Crippen LogP contribution >= 0.6 is 15.9 Å². The molecule has 1 atom stereocenters. The zero-order valence-corrected chi connectivity index (χ0v) is 12.7. The number of halogens is 1. The second-order valence-electron chi connectivity index (χ2n) is 5.04. The molecule has 1 saturated carbocycles. The minimum atomic E-state index is 0.341. The van der Waals surface area contributed by atoms with Crippen molar-refractivity contribution in [1.82, 2.24) is 4.90 Å². The first-order chi connectivity index (χ1) is 8.77. The first kappa shape index (κ1) is 14.0. The van der Waals surface area contributed by atoms with Crippen LogP contribution in [0.1, 0.15) is 44.2 Å². The highest BCUT2D eigenvalue weighted by molar-refractivity contribution is 9.10. The molecule has 2 rings (SSSR count). The fourth-order valence-corrected chi connectivity index (χ4v) is 3.70. The van der Waals surface area contributed by atoms with Crippen molar-refractivity contribution in [3.63, 3.8) is 0 Å². The van der Waals surface area contributed by atoms with E-state index in [1.807, 2.05) is 0 Å². The Morgan fingerprint density at radius 1 is 1.33 bits per heavy atom. The lowest BCUT2D eigenvalue weighted by Gasteiger charge is -2.35. The van der Waals surface area contributed by atoms with E-state index >= 15 is 0 Å². The predicted octanol–water partition coefficient (Wildman–Crippen LogP) is 3.71. The van der Waals surface area contributed by atoms with Gasteiger partial charge in [-0.1, -0.05) is 53.9 Å². The molecule has 0 spiro atoms. The summed E-state index contributed by atoms with van der Waals surface area (Å²) in [6.07, 6.45) is 5.40. The minimum Gasteiger partial charge on any atom is -0.329 e. The fraction of sp³-hybridized carbons (Fsp3) is 0.600. The molecule has 0 radical (unpaired) electrons. The highest BCUT2D eigenvalue weighted by Gasteiger charge is 2.28. The Kier molecular flexibility index (Phi) is 5.22. The number of benzene rings is 1. The normalized spacial score (nSPS) is 18.4. The second kappa shape index (κ2) is 6.69. The Balaban J connectivity index is 2.23. The molecule has 1 fully saturated rings. The van der Waals surface area contributed by atoms with Gasteiger partial charge in [-0.2, -0.15) is 0 Å². The third-order valence-corrected chi connectivity index (χ3v) is 4.77. The zero-order chi connectivity index (χ0) is 13.0. The van der Waals surface area contributed by atoms with Crippen LogP contribution in [0.4, 0.5) is 0 Å². The molecule has 1 aromatic carbocycles. The van der Waals surface area contributed by atoms with E-state index in [1.165, 1.54) is 35.7 Å². The lowest BCUT2D eigenvalue weighted by atomic mass is 10.0. The second-order valence-corrected chi connectivity index (χ2v) is 5.90. The van der Waals surface area contributed by atoms with Crippen LogP contribution < -0.4 is 5.73 Å². The summed E-state index contributed by atoms with van der Waals surface area (Å²) in [4.78, 5) is 2.59. The molecule has 0 heterocycles. The number of nitrogens with zero attached hydrogens (tertiary/aromatic N) is 1. The Bertz CT molecular complexity index is 375. The van der Waals surface area contributed by atoms with Crippen LogP contribution in [0.2, 0.25) is 0 Å². The van der Waals surface area contributed by atoms with Gasteiger partial charge in [-0.15, -0.1) is 0 Å². The minimum absolute atomic E-state index is 0.341. The smallest absolute Gasteiger partial charge is 0.0484 e. The number of nitrogens with two attached hydrogens (primary N) is 1. The van der Waals surface area contributed by atoms with Crippen molar-refractivity contribution in [2.75, 3.05) is 13.1 Å². The lowest BCUT2D eigenvalue weighted by Crippen LogP contribution is -2.40. The fourth-order valence-electron chi connectivity index (χ4n) is 3.16. The van der Waals surface area contributed by atoms with E-state index in [0.29, 0.717) is 12.6 Å². The molecule has 0 bridgehead atoms. The van der Waals surface area contributed by atoms with Crippen molar-refractivity contribution in [3.05, 3.63) is 34.3 Å². The third kappa shape index (κ3) is 2.95. The van der Waals surface area contributed by atoms with Gasteiger partial charge in [-0.05, 0) is 31.0 Å². The summed E-state index contributed by atoms with van der Waals surface area (Å²) >= 11 is 3.66. The van der Waals surface area contributed by atoms with Gasteiger partial charge in [0.25, 0.3) is 0 Å². The van der Waals surface area contributed by atoms with E-state index in [0.717, 1.165) is 12.6 Å². The molecule has 1 aliphatic carbocycles.